The van der Waals surface area contributed by atoms with Gasteiger partial charge in [-0.2, -0.15) is 26.3 Å². The number of alkyl halides is 7. The Morgan fingerprint density at radius 3 is 1.84 bits per heavy atom. The van der Waals surface area contributed by atoms with Crippen LogP contribution >= 0.6 is 11.6 Å². The van der Waals surface area contributed by atoms with E-state index >= 15 is 0 Å². The molecule has 114 valence electrons. The zero-order valence-corrected chi connectivity index (χ0v) is 11.0. The van der Waals surface area contributed by atoms with Gasteiger partial charge in [0.05, 0.1) is 0 Å². The summed E-state index contributed by atoms with van der Waals surface area (Å²) in [6.45, 7) is 2.83. The largest absolute Gasteiger partial charge is 0.409 e. The molecule has 0 atom stereocenters. The average molecular weight is 314 g/mol. The third kappa shape index (κ3) is 6.35. The van der Waals surface area contributed by atoms with Gasteiger partial charge in [0, 0.05) is 12.4 Å². The molecular weight excluding hydrogens is 300 g/mol. The van der Waals surface area contributed by atoms with Crippen molar-refractivity contribution in [3.8, 4) is 0 Å². The molecule has 19 heavy (non-hydrogen) atoms. The zero-order valence-electron chi connectivity index (χ0n) is 10.3. The quantitative estimate of drug-likeness (QED) is 0.611. The van der Waals surface area contributed by atoms with Crippen LogP contribution in [0.4, 0.5) is 26.3 Å². The molecule has 0 radical (unpaired) electrons. The van der Waals surface area contributed by atoms with Crippen LogP contribution in [0.2, 0.25) is 0 Å². The molecule has 0 heterocycles. The van der Waals surface area contributed by atoms with Crippen LogP contribution in [0, 0.1) is 11.3 Å². The molecule has 0 bridgehead atoms. The zero-order chi connectivity index (χ0) is 15.5. The van der Waals surface area contributed by atoms with Crippen molar-refractivity contribution in [2.45, 2.75) is 32.6 Å². The first-order valence-electron chi connectivity index (χ1n) is 5.28. The Bertz CT molecular complexity index is 298. The minimum absolute atomic E-state index is 0.185. The Hall–Kier alpha value is -0.660. The molecule has 0 aromatic carbocycles. The highest BCUT2D eigenvalue weighted by molar-refractivity contribution is 6.17. The van der Waals surface area contributed by atoms with E-state index in [4.69, 9.17) is 11.6 Å². The molecule has 0 aliphatic carbocycles. The number of hydrogen-bond donors (Lipinski definition) is 1. The van der Waals surface area contributed by atoms with Crippen molar-refractivity contribution in [3.05, 3.63) is 0 Å². The lowest BCUT2D eigenvalue weighted by Crippen LogP contribution is -2.49. The molecule has 0 rings (SSSR count). The molecule has 1 N–H and O–H groups in total. The fourth-order valence-corrected chi connectivity index (χ4v) is 1.77. The number of hydrogen-bond acceptors (Lipinski definition) is 1. The molecular formula is C10H14ClF6NO. The Morgan fingerprint density at radius 1 is 1.11 bits per heavy atom. The van der Waals surface area contributed by atoms with Gasteiger partial charge in [0.2, 0.25) is 11.8 Å². The molecule has 0 aromatic heterocycles. The molecule has 0 spiro atoms. The number of nitrogens with one attached hydrogen (secondary N) is 1. The summed E-state index contributed by atoms with van der Waals surface area (Å²) >= 11 is 5.44. The van der Waals surface area contributed by atoms with Crippen molar-refractivity contribution < 1.29 is 31.1 Å². The highest BCUT2D eigenvalue weighted by Crippen LogP contribution is 2.39. The Labute approximate surface area is 111 Å². The van der Waals surface area contributed by atoms with Crippen molar-refractivity contribution in [1.82, 2.24) is 5.32 Å². The molecule has 2 nitrogen and oxygen atoms in total. The lowest BCUT2D eigenvalue weighted by atomic mass is 9.90. The van der Waals surface area contributed by atoms with E-state index in [1.165, 1.54) is 0 Å². The van der Waals surface area contributed by atoms with Crippen molar-refractivity contribution in [3.63, 3.8) is 0 Å². The highest BCUT2D eigenvalue weighted by Gasteiger charge is 2.61. The number of carbonyl (C=O) groups excluding carboxylic acids is 1. The first-order chi connectivity index (χ1) is 8.31. The fraction of sp³-hybridized carbons (Fsp3) is 0.900. The summed E-state index contributed by atoms with van der Waals surface area (Å²) in [4.78, 5) is 11.1. The first-order valence-corrected chi connectivity index (χ1v) is 5.82. The molecule has 0 saturated carbocycles. The van der Waals surface area contributed by atoms with Gasteiger partial charge in [-0.1, -0.05) is 13.8 Å². The van der Waals surface area contributed by atoms with Gasteiger partial charge in [0.1, 0.15) is 0 Å². The molecule has 0 aromatic rings. The van der Waals surface area contributed by atoms with E-state index in [0.717, 1.165) is 0 Å². The lowest BCUT2D eigenvalue weighted by molar-refractivity contribution is -0.274. The van der Waals surface area contributed by atoms with Crippen molar-refractivity contribution >= 4 is 17.5 Å². The summed E-state index contributed by atoms with van der Waals surface area (Å²) in [5, 5.41) is 1.68. The minimum atomic E-state index is -5.67. The van der Waals surface area contributed by atoms with Gasteiger partial charge in [-0.25, -0.2) is 0 Å². The van der Waals surface area contributed by atoms with E-state index in [9.17, 15) is 31.1 Å². The number of rotatable bonds is 5. The van der Waals surface area contributed by atoms with Crippen molar-refractivity contribution in [2.24, 2.45) is 11.3 Å². The minimum Gasteiger partial charge on any atom is -0.355 e. The van der Waals surface area contributed by atoms with E-state index in [0.29, 0.717) is 6.42 Å². The third-order valence-corrected chi connectivity index (χ3v) is 2.62. The monoisotopic (exact) mass is 313 g/mol. The van der Waals surface area contributed by atoms with Gasteiger partial charge >= 0.3 is 12.4 Å². The predicted molar refractivity (Wildman–Crippen MR) is 57.7 cm³/mol. The van der Waals surface area contributed by atoms with Crippen LogP contribution in [-0.4, -0.2) is 30.7 Å². The molecule has 0 aliphatic rings. The Kier molecular flexibility index (Phi) is 5.98. The van der Waals surface area contributed by atoms with Crippen LogP contribution in [0.25, 0.3) is 0 Å². The van der Waals surface area contributed by atoms with E-state index < -0.39 is 29.6 Å². The van der Waals surface area contributed by atoms with Crippen LogP contribution in [-0.2, 0) is 4.79 Å². The summed E-state index contributed by atoms with van der Waals surface area (Å²) in [6.07, 6.45) is -11.0. The second-order valence-electron chi connectivity index (χ2n) is 4.84. The number of halogens is 7. The fourth-order valence-electron chi connectivity index (χ4n) is 1.26. The van der Waals surface area contributed by atoms with Crippen LogP contribution in [0.5, 0.6) is 0 Å². The lowest BCUT2D eigenvalue weighted by Gasteiger charge is -2.27. The van der Waals surface area contributed by atoms with Gasteiger partial charge in [-0.15, -0.1) is 11.6 Å². The van der Waals surface area contributed by atoms with Crippen molar-refractivity contribution in [2.75, 3.05) is 12.4 Å². The van der Waals surface area contributed by atoms with Crippen LogP contribution in [0.3, 0.4) is 0 Å². The Morgan fingerprint density at radius 2 is 1.53 bits per heavy atom. The maximum absolute atomic E-state index is 12.2. The van der Waals surface area contributed by atoms with E-state index in [-0.39, 0.29) is 12.4 Å². The summed E-state index contributed by atoms with van der Waals surface area (Å²) < 4.78 is 73.4. The maximum atomic E-state index is 12.2. The van der Waals surface area contributed by atoms with Crippen LogP contribution in [0.1, 0.15) is 20.3 Å². The molecule has 0 fully saturated rings. The van der Waals surface area contributed by atoms with Gasteiger partial charge in [-0.3, -0.25) is 4.79 Å². The van der Waals surface area contributed by atoms with Crippen molar-refractivity contribution in [1.29, 1.82) is 0 Å². The molecule has 0 saturated heterocycles. The third-order valence-electron chi connectivity index (χ3n) is 2.43. The standard InChI is InChI=1S/C10H14ClF6NO/c1-8(2,3-4-11)5-18-7(19)6(9(12,13)14)10(15,16)17/h6H,3-5H2,1-2H3,(H,18,19). The summed E-state index contributed by atoms with van der Waals surface area (Å²) in [5.41, 5.74) is -0.681. The second-order valence-corrected chi connectivity index (χ2v) is 5.22. The van der Waals surface area contributed by atoms with Gasteiger partial charge in [0.15, 0.2) is 0 Å². The van der Waals surface area contributed by atoms with Gasteiger partial charge < -0.3 is 5.32 Å². The molecule has 1 amide bonds. The first kappa shape index (κ1) is 18.3. The van der Waals surface area contributed by atoms with Gasteiger partial charge in [0.25, 0.3) is 0 Å². The SMILES string of the molecule is CC(C)(CCCl)CNC(=O)C(C(F)(F)F)C(F)(F)F. The average Bonchev–Trinajstić information content (AvgIpc) is 2.10. The highest BCUT2D eigenvalue weighted by atomic mass is 35.5. The number of amides is 1. The summed E-state index contributed by atoms with van der Waals surface area (Å²) in [6, 6.07) is 0. The van der Waals surface area contributed by atoms with Crippen LogP contribution in [0.15, 0.2) is 0 Å². The smallest absolute Gasteiger partial charge is 0.355 e. The Balaban J connectivity index is 4.79. The van der Waals surface area contributed by atoms with E-state index in [1.54, 1.807) is 19.2 Å². The molecule has 9 heteroatoms. The van der Waals surface area contributed by atoms with Gasteiger partial charge in [-0.05, 0) is 11.8 Å². The maximum Gasteiger partial charge on any atom is 0.409 e. The topological polar surface area (TPSA) is 29.1 Å². The van der Waals surface area contributed by atoms with E-state index in [1.807, 2.05) is 0 Å². The van der Waals surface area contributed by atoms with Crippen LogP contribution < -0.4 is 5.32 Å². The van der Waals surface area contributed by atoms with E-state index in [2.05, 4.69) is 0 Å². The predicted octanol–water partition coefficient (Wildman–Crippen LogP) is 3.50. The summed E-state index contributed by atoms with van der Waals surface area (Å²) in [7, 11) is 0. The molecule has 0 aliphatic heterocycles. The normalized spacial score (nSPS) is 13.8. The number of carbonyl (C=O) groups is 1. The summed E-state index contributed by atoms with van der Waals surface area (Å²) in [5.74, 6) is -5.92. The molecule has 0 unspecified atom stereocenters. The second kappa shape index (κ2) is 6.19.